The van der Waals surface area contributed by atoms with Crippen LogP contribution in [-0.4, -0.2) is 0 Å². The Hall–Kier alpha value is -4.10. The third-order valence-electron chi connectivity index (χ3n) is 9.99. The summed E-state index contributed by atoms with van der Waals surface area (Å²) < 4.78 is 87.2. The quantitative estimate of drug-likeness (QED) is 0.194. The van der Waals surface area contributed by atoms with Crippen LogP contribution >= 0.6 is 0 Å². The molecule has 0 spiro atoms. The second kappa shape index (κ2) is 10.2. The smallest absolute Gasteiger partial charge is 0.0645 e. The Balaban J connectivity index is 1.60. The van der Waals surface area contributed by atoms with E-state index in [0.717, 1.165) is 35.1 Å². The van der Waals surface area contributed by atoms with Gasteiger partial charge in [0.1, 0.15) is 0 Å². The van der Waals surface area contributed by atoms with E-state index in [4.69, 9.17) is 13.7 Å². The number of anilines is 3. The minimum Gasteiger partial charge on any atom is -0.310 e. The third-order valence-corrected chi connectivity index (χ3v) is 9.99. The van der Waals surface area contributed by atoms with Crippen LogP contribution in [0, 0.1) is 0 Å². The summed E-state index contributed by atoms with van der Waals surface area (Å²) in [4.78, 5) is 1.26. The summed E-state index contributed by atoms with van der Waals surface area (Å²) >= 11 is 0. The molecule has 228 valence electrons. The zero-order chi connectivity index (χ0) is 40.5. The molecular weight excluding hydrogens is 542 g/mol. The molecule has 0 N–H and O–H groups in total. The van der Waals surface area contributed by atoms with E-state index in [1.807, 2.05) is 12.1 Å². The van der Waals surface area contributed by atoms with Gasteiger partial charge in [-0.1, -0.05) is 128 Å². The van der Waals surface area contributed by atoms with Gasteiger partial charge in [0.05, 0.1) is 13.7 Å². The lowest BCUT2D eigenvalue weighted by atomic mass is 9.82. The van der Waals surface area contributed by atoms with E-state index in [2.05, 4.69) is 97.9 Å². The Morgan fingerprint density at radius 3 is 1.20 bits per heavy atom. The molecule has 2 aliphatic rings. The Morgan fingerprint density at radius 1 is 0.422 bits per heavy atom. The number of para-hydroxylation sites is 2. The molecule has 0 saturated heterocycles. The molecule has 1 heteroatoms. The highest BCUT2D eigenvalue weighted by molar-refractivity contribution is 5.85. The van der Waals surface area contributed by atoms with Gasteiger partial charge in [0.25, 0.3) is 0 Å². The topological polar surface area (TPSA) is 3.24 Å². The SMILES string of the molecule is [2H]c1c([2H])c([2H])c(N(c2cc(-c3ccc4c(c3)C(C)(C)CC4(C)C)cc(-c3ccc4c(c3)C(C)(C)CC4(C)C)c2)c2c([2H])c([2H])c([2H])c([2H])c2[2H])c([2H])c1[2H]. The first kappa shape index (κ1) is 20.1. The molecule has 0 radical (unpaired) electrons. The summed E-state index contributed by atoms with van der Waals surface area (Å²) in [5, 5.41) is 0. The molecule has 0 aliphatic heterocycles. The van der Waals surface area contributed by atoms with Crippen molar-refractivity contribution in [3.8, 4) is 22.3 Å². The summed E-state index contributed by atoms with van der Waals surface area (Å²) in [5.41, 5.74) is 7.77. The van der Waals surface area contributed by atoms with E-state index >= 15 is 0 Å². The lowest BCUT2D eigenvalue weighted by Gasteiger charge is -2.27. The van der Waals surface area contributed by atoms with E-state index in [1.165, 1.54) is 27.2 Å². The fourth-order valence-corrected chi connectivity index (χ4v) is 8.49. The largest absolute Gasteiger partial charge is 0.310 e. The molecule has 0 unspecified atom stereocenters. The Labute approximate surface area is 285 Å². The van der Waals surface area contributed by atoms with E-state index in [9.17, 15) is 0 Å². The van der Waals surface area contributed by atoms with Crippen LogP contribution < -0.4 is 4.90 Å². The third kappa shape index (κ3) is 5.11. The Morgan fingerprint density at radius 2 is 0.800 bits per heavy atom. The van der Waals surface area contributed by atoms with Crippen LogP contribution in [0.2, 0.25) is 0 Å². The molecule has 0 amide bonds. The van der Waals surface area contributed by atoms with Crippen molar-refractivity contribution in [3.05, 3.63) is 137 Å². The van der Waals surface area contributed by atoms with Gasteiger partial charge in [0, 0.05) is 17.1 Å². The van der Waals surface area contributed by atoms with Crippen LogP contribution in [-0.2, 0) is 21.7 Å². The normalized spacial score (nSPS) is 21.4. The highest BCUT2D eigenvalue weighted by atomic mass is 15.1. The number of hydrogen-bond donors (Lipinski definition) is 0. The highest BCUT2D eigenvalue weighted by Crippen LogP contribution is 2.52. The number of hydrogen-bond acceptors (Lipinski definition) is 1. The van der Waals surface area contributed by atoms with Gasteiger partial charge < -0.3 is 4.90 Å². The van der Waals surface area contributed by atoms with Crippen molar-refractivity contribution in [2.24, 2.45) is 0 Å². The Bertz CT molecular complexity index is 2240. The average Bonchev–Trinajstić information content (AvgIpc) is 3.44. The van der Waals surface area contributed by atoms with Crippen molar-refractivity contribution in [1.82, 2.24) is 0 Å². The van der Waals surface area contributed by atoms with Crippen LogP contribution in [0.15, 0.2) is 115 Å². The number of benzene rings is 5. The van der Waals surface area contributed by atoms with Gasteiger partial charge in [-0.2, -0.15) is 0 Å². The van der Waals surface area contributed by atoms with Crippen LogP contribution in [0.4, 0.5) is 17.1 Å². The molecule has 5 aromatic rings. The first-order valence-electron chi connectivity index (χ1n) is 20.8. The molecule has 7 rings (SSSR count). The van der Waals surface area contributed by atoms with Crippen LogP contribution in [0.3, 0.4) is 0 Å². The van der Waals surface area contributed by atoms with Gasteiger partial charge >= 0.3 is 0 Å². The molecule has 0 atom stereocenters. The summed E-state index contributed by atoms with van der Waals surface area (Å²) in [6.45, 7) is 18.0. The lowest BCUT2D eigenvalue weighted by molar-refractivity contribution is 0.402. The minimum absolute atomic E-state index is 0.0197. The average molecular weight is 600 g/mol. The number of rotatable bonds is 5. The van der Waals surface area contributed by atoms with Gasteiger partial charge in [0.2, 0.25) is 0 Å². The Kier molecular flexibility index (Phi) is 4.56. The van der Waals surface area contributed by atoms with Gasteiger partial charge in [-0.25, -0.2) is 0 Å². The van der Waals surface area contributed by atoms with Crippen molar-refractivity contribution < 1.29 is 13.7 Å². The maximum atomic E-state index is 9.05. The van der Waals surface area contributed by atoms with Gasteiger partial charge in [-0.15, -0.1) is 0 Å². The van der Waals surface area contributed by atoms with E-state index in [0.29, 0.717) is 0 Å². The van der Waals surface area contributed by atoms with E-state index in [1.54, 1.807) is 0 Å². The molecule has 0 fully saturated rings. The molecule has 2 aliphatic carbocycles. The standard InChI is InChI=1S/C44H47N/c1-41(2)28-43(5,6)39-26-30(19-21-37(39)41)32-23-33(31-20-22-38-40(27-31)44(7,8)29-42(38,3)4)25-36(24-32)45(34-15-11-9-12-16-34)35-17-13-10-14-18-35/h9-27H,28-29H2,1-8H3/i9D,10D,11D,12D,13D,14D,15D,16D,17D,18D. The summed E-state index contributed by atoms with van der Waals surface area (Å²) in [5.74, 6) is 0. The van der Waals surface area contributed by atoms with Crippen molar-refractivity contribution in [2.75, 3.05) is 4.90 Å². The maximum absolute atomic E-state index is 9.05. The first-order chi connectivity index (χ1) is 25.4. The number of nitrogens with zero attached hydrogens (tertiary/aromatic N) is 1. The molecule has 0 bridgehead atoms. The maximum Gasteiger partial charge on any atom is 0.0645 e. The van der Waals surface area contributed by atoms with Crippen LogP contribution in [0.1, 0.15) is 104 Å². The molecule has 1 nitrogen and oxygen atoms in total. The van der Waals surface area contributed by atoms with Gasteiger partial charge in [-0.3, -0.25) is 0 Å². The second-order valence-corrected chi connectivity index (χ2v) is 15.5. The number of fused-ring (bicyclic) bond motifs is 2. The zero-order valence-corrected chi connectivity index (χ0v) is 27.6. The van der Waals surface area contributed by atoms with Crippen LogP contribution in [0.5, 0.6) is 0 Å². The molecular formula is C44H47N. The van der Waals surface area contributed by atoms with Crippen molar-refractivity contribution in [2.45, 2.75) is 89.9 Å². The predicted molar refractivity (Wildman–Crippen MR) is 193 cm³/mol. The predicted octanol–water partition coefficient (Wildman–Crippen LogP) is 12.4. The molecule has 0 heterocycles. The minimum atomic E-state index is -0.600. The molecule has 0 aromatic heterocycles. The second-order valence-electron chi connectivity index (χ2n) is 15.5. The fourth-order valence-electron chi connectivity index (χ4n) is 8.49. The summed E-state index contributed by atoms with van der Waals surface area (Å²) in [7, 11) is 0. The van der Waals surface area contributed by atoms with Crippen molar-refractivity contribution in [3.63, 3.8) is 0 Å². The van der Waals surface area contributed by atoms with E-state index < -0.39 is 60.4 Å². The van der Waals surface area contributed by atoms with Crippen LogP contribution in [0.25, 0.3) is 22.3 Å². The van der Waals surface area contributed by atoms with E-state index in [-0.39, 0.29) is 38.7 Å². The fraction of sp³-hybridized carbons (Fsp3) is 0.318. The zero-order valence-electron chi connectivity index (χ0n) is 37.6. The van der Waals surface area contributed by atoms with Gasteiger partial charge in [0.15, 0.2) is 0 Å². The molecule has 45 heavy (non-hydrogen) atoms. The molecule has 5 aromatic carbocycles. The highest BCUT2D eigenvalue weighted by Gasteiger charge is 2.43. The van der Waals surface area contributed by atoms with Crippen molar-refractivity contribution in [1.29, 1.82) is 0 Å². The van der Waals surface area contributed by atoms with Crippen molar-refractivity contribution >= 4 is 17.1 Å². The summed E-state index contributed by atoms with van der Waals surface area (Å²) in [6, 6.07) is 12.8. The molecule has 0 saturated carbocycles. The first-order valence-corrected chi connectivity index (χ1v) is 15.8. The van der Waals surface area contributed by atoms with Gasteiger partial charge in [-0.05, 0) is 121 Å². The summed E-state index contributed by atoms with van der Waals surface area (Å²) in [6.07, 6.45) is 1.95. The lowest BCUT2D eigenvalue weighted by Crippen LogP contribution is -2.18. The monoisotopic (exact) mass is 599 g/mol.